The summed E-state index contributed by atoms with van der Waals surface area (Å²) in [6.45, 7) is 0.495. The van der Waals surface area contributed by atoms with Crippen LogP contribution in [-0.4, -0.2) is 17.7 Å². The third-order valence-corrected chi connectivity index (χ3v) is 5.79. The highest BCUT2D eigenvalue weighted by Gasteiger charge is 2.29. The number of carbonyl (C=O) groups is 1. The Morgan fingerprint density at radius 3 is 2.95 bits per heavy atom. The van der Waals surface area contributed by atoms with E-state index in [0.717, 1.165) is 19.3 Å². The van der Waals surface area contributed by atoms with E-state index in [0.29, 0.717) is 17.3 Å². The minimum atomic E-state index is -0.565. The number of hydrogen-bond donors (Lipinski definition) is 1. The van der Waals surface area contributed by atoms with Crippen LogP contribution in [0.15, 0.2) is 33.2 Å². The average Bonchev–Trinajstić information content (AvgIpc) is 3.16. The smallest absolute Gasteiger partial charge is 0.264 e. The maximum atomic E-state index is 12.1. The largest absolute Gasteiger partial charge is 0.382 e. The molecule has 1 aliphatic heterocycles. The molecule has 0 spiro atoms. The van der Waals surface area contributed by atoms with E-state index >= 15 is 0 Å². The van der Waals surface area contributed by atoms with Gasteiger partial charge in [-0.2, -0.15) is 0 Å². The maximum Gasteiger partial charge on any atom is 0.264 e. The van der Waals surface area contributed by atoms with Crippen LogP contribution in [0.5, 0.6) is 0 Å². The minimum absolute atomic E-state index is 0.152. The number of hydrogen-bond acceptors (Lipinski definition) is 5. The van der Waals surface area contributed by atoms with E-state index in [1.54, 1.807) is 11.3 Å². The van der Waals surface area contributed by atoms with E-state index in [-0.39, 0.29) is 5.91 Å². The zero-order valence-corrected chi connectivity index (χ0v) is 14.6. The van der Waals surface area contributed by atoms with Gasteiger partial charge < -0.3 is 10.2 Å². The van der Waals surface area contributed by atoms with Crippen LogP contribution in [0.4, 0.5) is 0 Å². The molecule has 3 heterocycles. The van der Waals surface area contributed by atoms with Gasteiger partial charge in [0.2, 0.25) is 6.10 Å². The molecule has 2 aromatic rings. The first-order valence-electron chi connectivity index (χ1n) is 6.12. The molecule has 3 rings (SSSR count). The Morgan fingerprint density at radius 1 is 1.43 bits per heavy atom. The molecular formula is C13H10BrClN2O2S2. The predicted octanol–water partition coefficient (Wildman–Crippen LogP) is 4.03. The van der Waals surface area contributed by atoms with Crippen molar-refractivity contribution in [1.29, 1.82) is 0 Å². The van der Waals surface area contributed by atoms with Gasteiger partial charge in [-0.3, -0.25) is 4.79 Å². The van der Waals surface area contributed by atoms with Crippen molar-refractivity contribution in [1.82, 2.24) is 5.32 Å². The summed E-state index contributed by atoms with van der Waals surface area (Å²) in [7, 11) is 0. The number of nitrogens with zero attached hydrogens (tertiary/aromatic N) is 1. The van der Waals surface area contributed by atoms with Gasteiger partial charge in [0, 0.05) is 11.3 Å². The lowest BCUT2D eigenvalue weighted by molar-refractivity contribution is -0.131. The number of carbonyl (C=O) groups excluding carboxylic acids is 1. The SMILES string of the molecule is O=C(NCc1ccc(Br)s1)C1CC(c2ccc(Cl)s2)=NO1. The summed E-state index contributed by atoms with van der Waals surface area (Å²) < 4.78 is 1.74. The van der Waals surface area contributed by atoms with E-state index in [4.69, 9.17) is 16.4 Å². The monoisotopic (exact) mass is 404 g/mol. The van der Waals surface area contributed by atoms with E-state index in [2.05, 4.69) is 26.4 Å². The molecule has 0 aromatic carbocycles. The van der Waals surface area contributed by atoms with E-state index < -0.39 is 6.10 Å². The van der Waals surface area contributed by atoms with Crippen molar-refractivity contribution >= 4 is 61.8 Å². The van der Waals surface area contributed by atoms with Gasteiger partial charge in [0.25, 0.3) is 5.91 Å². The average molecular weight is 406 g/mol. The summed E-state index contributed by atoms with van der Waals surface area (Å²) >= 11 is 12.3. The van der Waals surface area contributed by atoms with Crippen LogP contribution in [0.25, 0.3) is 0 Å². The number of oxime groups is 1. The standard InChI is InChI=1S/C13H10BrClN2O2S2/c14-11-3-1-7(20-11)6-16-13(18)9-5-8(17-19-9)10-2-4-12(15)21-10/h1-4,9H,5-6H2,(H,16,18). The summed E-state index contributed by atoms with van der Waals surface area (Å²) in [5, 5.41) is 6.84. The fourth-order valence-electron chi connectivity index (χ4n) is 1.87. The molecule has 1 atom stereocenters. The molecule has 8 heteroatoms. The summed E-state index contributed by atoms with van der Waals surface area (Å²) in [5.41, 5.74) is 0.769. The number of rotatable bonds is 4. The molecular weight excluding hydrogens is 396 g/mol. The van der Waals surface area contributed by atoms with Crippen molar-refractivity contribution < 1.29 is 9.63 Å². The summed E-state index contributed by atoms with van der Waals surface area (Å²) in [5.74, 6) is -0.152. The van der Waals surface area contributed by atoms with E-state index in [9.17, 15) is 4.79 Å². The van der Waals surface area contributed by atoms with Crippen LogP contribution < -0.4 is 5.32 Å². The Labute approximate surface area is 142 Å². The highest BCUT2D eigenvalue weighted by atomic mass is 79.9. The second-order valence-corrected chi connectivity index (χ2v) is 8.63. The van der Waals surface area contributed by atoms with Crippen molar-refractivity contribution in [3.63, 3.8) is 0 Å². The molecule has 4 nitrogen and oxygen atoms in total. The molecule has 2 aromatic heterocycles. The molecule has 1 amide bonds. The Hall–Kier alpha value is -0.890. The molecule has 21 heavy (non-hydrogen) atoms. The Balaban J connectivity index is 1.53. The summed E-state index contributed by atoms with van der Waals surface area (Å²) in [6.07, 6.45) is -0.0964. The second kappa shape index (κ2) is 6.48. The van der Waals surface area contributed by atoms with E-state index in [1.165, 1.54) is 11.3 Å². The lowest BCUT2D eigenvalue weighted by Crippen LogP contribution is -2.34. The molecule has 0 saturated heterocycles. The third kappa shape index (κ3) is 3.66. The minimum Gasteiger partial charge on any atom is -0.382 e. The van der Waals surface area contributed by atoms with E-state index in [1.807, 2.05) is 24.3 Å². The molecule has 1 N–H and O–H groups in total. The quantitative estimate of drug-likeness (QED) is 0.835. The highest BCUT2D eigenvalue weighted by molar-refractivity contribution is 9.11. The molecule has 0 radical (unpaired) electrons. The molecule has 0 aliphatic carbocycles. The zero-order chi connectivity index (χ0) is 14.8. The van der Waals surface area contributed by atoms with Gasteiger partial charge in [-0.05, 0) is 40.2 Å². The fraction of sp³-hybridized carbons (Fsp3) is 0.231. The topological polar surface area (TPSA) is 50.7 Å². The van der Waals surface area contributed by atoms with Gasteiger partial charge in [-0.25, -0.2) is 0 Å². The first-order valence-corrected chi connectivity index (χ1v) is 8.92. The Bertz CT molecular complexity index is 698. The lowest BCUT2D eigenvalue weighted by Gasteiger charge is -2.08. The Morgan fingerprint density at radius 2 is 2.29 bits per heavy atom. The van der Waals surface area contributed by atoms with Gasteiger partial charge in [0.05, 0.1) is 19.5 Å². The second-order valence-electron chi connectivity index (χ2n) is 4.36. The van der Waals surface area contributed by atoms with Gasteiger partial charge in [0.1, 0.15) is 5.71 Å². The van der Waals surface area contributed by atoms with Crippen LogP contribution in [0.3, 0.4) is 0 Å². The predicted molar refractivity (Wildman–Crippen MR) is 89.2 cm³/mol. The van der Waals surface area contributed by atoms with Crippen LogP contribution in [0.2, 0.25) is 4.34 Å². The summed E-state index contributed by atoms with van der Waals surface area (Å²) in [6, 6.07) is 7.63. The van der Waals surface area contributed by atoms with Crippen LogP contribution >= 0.6 is 50.2 Å². The molecule has 110 valence electrons. The van der Waals surface area contributed by atoms with Gasteiger partial charge in [-0.15, -0.1) is 22.7 Å². The zero-order valence-electron chi connectivity index (χ0n) is 10.6. The lowest BCUT2D eigenvalue weighted by atomic mass is 10.1. The summed E-state index contributed by atoms with van der Waals surface area (Å²) in [4.78, 5) is 19.3. The first-order chi connectivity index (χ1) is 10.1. The Kier molecular flexibility index (Phi) is 4.63. The molecule has 1 unspecified atom stereocenters. The molecule has 0 saturated carbocycles. The molecule has 0 fully saturated rings. The molecule has 1 aliphatic rings. The van der Waals surface area contributed by atoms with Gasteiger partial charge in [0.15, 0.2) is 0 Å². The third-order valence-electron chi connectivity index (χ3n) is 2.88. The fourth-order valence-corrected chi connectivity index (χ4v) is 4.32. The number of amides is 1. The highest BCUT2D eigenvalue weighted by Crippen LogP contribution is 2.26. The van der Waals surface area contributed by atoms with Gasteiger partial charge in [-0.1, -0.05) is 16.8 Å². The number of halogens is 2. The van der Waals surface area contributed by atoms with Crippen LogP contribution in [-0.2, 0) is 16.2 Å². The normalized spacial score (nSPS) is 17.4. The van der Waals surface area contributed by atoms with Crippen molar-refractivity contribution in [2.45, 2.75) is 19.1 Å². The maximum absolute atomic E-state index is 12.1. The van der Waals surface area contributed by atoms with Crippen molar-refractivity contribution in [2.75, 3.05) is 0 Å². The van der Waals surface area contributed by atoms with Crippen molar-refractivity contribution in [3.8, 4) is 0 Å². The number of thiophene rings is 2. The van der Waals surface area contributed by atoms with Crippen molar-refractivity contribution in [3.05, 3.63) is 42.1 Å². The van der Waals surface area contributed by atoms with Crippen LogP contribution in [0, 0.1) is 0 Å². The molecule has 0 bridgehead atoms. The van der Waals surface area contributed by atoms with Gasteiger partial charge >= 0.3 is 0 Å². The first kappa shape index (κ1) is 15.0. The van der Waals surface area contributed by atoms with Crippen LogP contribution in [0.1, 0.15) is 16.2 Å². The number of nitrogens with one attached hydrogen (secondary N) is 1. The van der Waals surface area contributed by atoms with Crippen molar-refractivity contribution in [2.24, 2.45) is 5.16 Å².